The summed E-state index contributed by atoms with van der Waals surface area (Å²) in [6, 6.07) is 12.2. The molecule has 1 aromatic carbocycles. The van der Waals surface area contributed by atoms with Gasteiger partial charge in [0.25, 0.3) is 10.1 Å². The lowest BCUT2D eigenvalue weighted by molar-refractivity contribution is 0.463. The summed E-state index contributed by atoms with van der Waals surface area (Å²) >= 11 is 2.49. The van der Waals surface area contributed by atoms with Crippen molar-refractivity contribution in [1.82, 2.24) is 0 Å². The van der Waals surface area contributed by atoms with Crippen LogP contribution in [0.4, 0.5) is 0 Å². The van der Waals surface area contributed by atoms with Crippen LogP contribution in [0.25, 0.3) is 0 Å². The first-order chi connectivity index (χ1) is 11.3. The molecule has 1 N–H and O–H groups in total. The minimum atomic E-state index is -4.08. The Bertz CT molecular complexity index is 783. The number of thioether (sulfide) groups is 1. The van der Waals surface area contributed by atoms with Crippen LogP contribution in [0, 0.1) is 6.92 Å². The molecule has 1 aliphatic rings. The molecule has 1 aliphatic heterocycles. The van der Waals surface area contributed by atoms with Crippen LogP contribution in [0.15, 0.2) is 53.3 Å². The van der Waals surface area contributed by atoms with Crippen molar-refractivity contribution >= 4 is 33.2 Å². The first-order valence-corrected chi connectivity index (χ1v) is 10.9. The Hall–Kier alpha value is -1.08. The second-order valence-corrected chi connectivity index (χ2v) is 10.0. The highest BCUT2D eigenvalue weighted by Gasteiger charge is 2.47. The molecule has 24 heavy (non-hydrogen) atoms. The number of allylic oxidation sites excluding steroid dienone is 1. The predicted octanol–water partition coefficient (Wildman–Crippen LogP) is 5.56. The topological polar surface area (TPSA) is 54.4 Å². The number of thiophene rings is 1. The molecular formula is C18H22O3S3. The van der Waals surface area contributed by atoms with Gasteiger partial charge in [-0.05, 0) is 35.3 Å². The summed E-state index contributed by atoms with van der Waals surface area (Å²) in [7, 11) is -4.08. The smallest absolute Gasteiger partial charge is 0.284 e. The van der Waals surface area contributed by atoms with Crippen molar-refractivity contribution in [3.8, 4) is 0 Å². The van der Waals surface area contributed by atoms with Gasteiger partial charge in [-0.15, -0.1) is 23.1 Å². The van der Waals surface area contributed by atoms with Crippen LogP contribution in [0.3, 0.4) is 0 Å². The number of aryl methyl sites for hydroxylation is 1. The summed E-state index contributed by atoms with van der Waals surface area (Å²) in [5.74, 6) is 0.653. The molecule has 3 rings (SSSR count). The second-order valence-electron chi connectivity index (χ2n) is 5.97. The summed E-state index contributed by atoms with van der Waals surface area (Å²) in [5, 5.41) is 3.52. The van der Waals surface area contributed by atoms with E-state index in [1.54, 1.807) is 29.0 Å². The Balaban J connectivity index is 0.000000185. The Morgan fingerprint density at radius 3 is 2.38 bits per heavy atom. The third-order valence-corrected chi connectivity index (χ3v) is 8.29. The quantitative estimate of drug-likeness (QED) is 0.706. The fourth-order valence-electron chi connectivity index (χ4n) is 2.39. The van der Waals surface area contributed by atoms with Crippen molar-refractivity contribution in [3.63, 3.8) is 0 Å². The van der Waals surface area contributed by atoms with E-state index in [0.717, 1.165) is 11.8 Å². The van der Waals surface area contributed by atoms with Crippen molar-refractivity contribution in [2.45, 2.75) is 37.2 Å². The van der Waals surface area contributed by atoms with Crippen LogP contribution in [-0.2, 0) is 14.2 Å². The molecule has 1 aromatic heterocycles. The van der Waals surface area contributed by atoms with Gasteiger partial charge in [0.2, 0.25) is 0 Å². The summed E-state index contributed by atoms with van der Waals surface area (Å²) in [4.78, 5) is 0.676. The van der Waals surface area contributed by atoms with Crippen molar-refractivity contribution in [1.29, 1.82) is 0 Å². The first kappa shape index (κ1) is 19.2. The van der Waals surface area contributed by atoms with Crippen molar-refractivity contribution < 1.29 is 13.0 Å². The molecule has 0 spiro atoms. The van der Waals surface area contributed by atoms with Crippen LogP contribution in [-0.4, -0.2) is 13.0 Å². The third-order valence-electron chi connectivity index (χ3n) is 3.76. The normalized spacial score (nSPS) is 20.0. The molecule has 0 saturated carbocycles. The van der Waals surface area contributed by atoms with Crippen LogP contribution in [0.1, 0.15) is 42.2 Å². The highest BCUT2D eigenvalue weighted by Crippen LogP contribution is 2.50. The average molecular weight is 383 g/mol. The molecule has 1 atom stereocenters. The molecule has 0 radical (unpaired) electrons. The highest BCUT2D eigenvalue weighted by atomic mass is 32.3. The van der Waals surface area contributed by atoms with Gasteiger partial charge in [-0.3, -0.25) is 4.55 Å². The van der Waals surface area contributed by atoms with Crippen molar-refractivity contribution in [3.05, 3.63) is 69.3 Å². The minimum absolute atomic E-state index is 0.330. The highest BCUT2D eigenvalue weighted by molar-refractivity contribution is 8.14. The maximum absolute atomic E-state index is 11.4. The van der Waals surface area contributed by atoms with Crippen molar-refractivity contribution in [2.75, 3.05) is 0 Å². The minimum Gasteiger partial charge on any atom is -0.284 e. The number of rotatable bonds is 3. The number of hydrogen-bond donors (Lipinski definition) is 1. The molecule has 0 bridgehead atoms. The van der Waals surface area contributed by atoms with Crippen LogP contribution < -0.4 is 0 Å². The van der Waals surface area contributed by atoms with Gasteiger partial charge < -0.3 is 0 Å². The molecule has 6 heteroatoms. The molecule has 2 heterocycles. The van der Waals surface area contributed by atoms with Crippen molar-refractivity contribution in [2.24, 2.45) is 0 Å². The Morgan fingerprint density at radius 1 is 1.21 bits per heavy atom. The molecule has 0 amide bonds. The molecule has 130 valence electrons. The zero-order valence-electron chi connectivity index (χ0n) is 14.0. The van der Waals surface area contributed by atoms with Crippen LogP contribution >= 0.6 is 23.1 Å². The molecule has 0 saturated heterocycles. The maximum Gasteiger partial charge on any atom is 0.285 e. The number of hydrogen-bond acceptors (Lipinski definition) is 4. The van der Waals surface area contributed by atoms with Gasteiger partial charge in [-0.25, -0.2) is 0 Å². The Labute approximate surface area is 152 Å². The van der Waals surface area contributed by atoms with E-state index in [-0.39, 0.29) is 0 Å². The number of benzene rings is 1. The first-order valence-electron chi connectivity index (χ1n) is 7.66. The van der Waals surface area contributed by atoms with Gasteiger partial charge in [0.05, 0.1) is 0 Å². The van der Waals surface area contributed by atoms with E-state index in [1.807, 2.05) is 0 Å². The van der Waals surface area contributed by atoms with Gasteiger partial charge in [0.1, 0.15) is 0 Å². The summed E-state index contributed by atoms with van der Waals surface area (Å²) < 4.78 is 30.8. The molecule has 3 nitrogen and oxygen atoms in total. The molecule has 0 fully saturated rings. The fraction of sp³-hybridized carbons (Fsp3) is 0.333. The van der Waals surface area contributed by atoms with E-state index in [1.165, 1.54) is 22.5 Å². The monoisotopic (exact) mass is 382 g/mol. The second kappa shape index (κ2) is 7.87. The Morgan fingerprint density at radius 2 is 1.96 bits per heavy atom. The average Bonchev–Trinajstić information content (AvgIpc) is 3.19. The molecular weight excluding hydrogens is 360 g/mol. The standard InChI is InChI=1S/C10H14.C8H8O3S3/c1-8(2)10-6-4-5-9(3)7-10;9-14(10,11)8(4-2-6-13-8)7-3-1-5-12-7/h4-8H,1-3H3;1-3,5-6H,4H2,(H,9,10,11). The summed E-state index contributed by atoms with van der Waals surface area (Å²) in [5.41, 5.74) is 2.78. The van der Waals surface area contributed by atoms with Crippen LogP contribution in [0.5, 0.6) is 0 Å². The lowest BCUT2D eigenvalue weighted by Crippen LogP contribution is -2.28. The predicted molar refractivity (Wildman–Crippen MR) is 104 cm³/mol. The molecule has 2 aromatic rings. The SMILES string of the molecule is Cc1cccc(C(C)C)c1.O=S(=O)(O)C1(c2cccs2)CC=CS1. The van der Waals surface area contributed by atoms with Gasteiger partial charge in [0, 0.05) is 11.3 Å². The summed E-state index contributed by atoms with van der Waals surface area (Å²) in [6.07, 6.45) is 2.09. The fourth-order valence-corrected chi connectivity index (χ4v) is 5.93. The lowest BCUT2D eigenvalue weighted by atomic mass is 10.0. The maximum atomic E-state index is 11.4. The van der Waals surface area contributed by atoms with E-state index in [9.17, 15) is 13.0 Å². The van der Waals surface area contributed by atoms with E-state index in [4.69, 9.17) is 0 Å². The van der Waals surface area contributed by atoms with E-state index in [2.05, 4.69) is 45.0 Å². The Kier molecular flexibility index (Phi) is 6.31. The van der Waals surface area contributed by atoms with Gasteiger partial charge in [0.15, 0.2) is 4.08 Å². The lowest BCUT2D eigenvalue weighted by Gasteiger charge is -2.22. The van der Waals surface area contributed by atoms with Crippen LogP contribution in [0.2, 0.25) is 0 Å². The zero-order valence-corrected chi connectivity index (χ0v) is 16.4. The van der Waals surface area contributed by atoms with Gasteiger partial charge >= 0.3 is 0 Å². The van der Waals surface area contributed by atoms with Gasteiger partial charge in [-0.1, -0.05) is 55.8 Å². The van der Waals surface area contributed by atoms with E-state index < -0.39 is 14.2 Å². The van der Waals surface area contributed by atoms with Gasteiger partial charge in [-0.2, -0.15) is 8.42 Å². The van der Waals surface area contributed by atoms with E-state index in [0.29, 0.717) is 17.2 Å². The third kappa shape index (κ3) is 4.30. The molecule has 1 unspecified atom stereocenters. The largest absolute Gasteiger partial charge is 0.285 e. The zero-order chi connectivity index (χ0) is 17.8. The summed E-state index contributed by atoms with van der Waals surface area (Å²) in [6.45, 7) is 6.56. The molecule has 0 aliphatic carbocycles. The van der Waals surface area contributed by atoms with E-state index >= 15 is 0 Å².